The van der Waals surface area contributed by atoms with Gasteiger partial charge in [-0.25, -0.2) is 4.39 Å². The monoisotopic (exact) mass is 323 g/mol. The van der Waals surface area contributed by atoms with Crippen LogP contribution in [0.1, 0.15) is 5.56 Å². The van der Waals surface area contributed by atoms with E-state index in [0.29, 0.717) is 5.69 Å². The first-order valence-electron chi connectivity index (χ1n) is 7.41. The van der Waals surface area contributed by atoms with Crippen molar-refractivity contribution in [3.63, 3.8) is 0 Å². The summed E-state index contributed by atoms with van der Waals surface area (Å²) in [5, 5.41) is 6.89. The Morgan fingerprint density at radius 3 is 1.75 bits per heavy atom. The van der Waals surface area contributed by atoms with Gasteiger partial charge in [0.25, 0.3) is 6.47 Å². The third-order valence-corrected chi connectivity index (χ3v) is 3.37. The molecule has 0 aliphatic heterocycles. The van der Waals surface area contributed by atoms with Gasteiger partial charge < -0.3 is 10.0 Å². The van der Waals surface area contributed by atoms with Gasteiger partial charge in [0.1, 0.15) is 5.82 Å². The highest BCUT2D eigenvalue weighted by molar-refractivity contribution is 5.76. The van der Waals surface area contributed by atoms with Crippen LogP contribution in [0.5, 0.6) is 0 Å². The predicted molar refractivity (Wildman–Crippen MR) is 94.5 cm³/mol. The zero-order chi connectivity index (χ0) is 17.4. The van der Waals surface area contributed by atoms with Crippen LogP contribution in [-0.2, 0) is 4.79 Å². The fourth-order valence-corrected chi connectivity index (χ4v) is 2.37. The van der Waals surface area contributed by atoms with Gasteiger partial charge in [0.15, 0.2) is 0 Å². The number of halogens is 1. The Labute approximate surface area is 140 Å². The second-order valence-corrected chi connectivity index (χ2v) is 5.07. The van der Waals surface area contributed by atoms with E-state index in [1.165, 1.54) is 0 Å². The summed E-state index contributed by atoms with van der Waals surface area (Å²) < 4.78 is 14.4. The molecule has 4 heteroatoms. The molecule has 0 saturated carbocycles. The number of carbonyl (C=O) groups is 1. The molecule has 0 amide bonds. The number of hydrogen-bond acceptors (Lipinski definition) is 2. The van der Waals surface area contributed by atoms with Gasteiger partial charge in [-0.1, -0.05) is 42.5 Å². The summed E-state index contributed by atoms with van der Waals surface area (Å²) in [4.78, 5) is 10.3. The van der Waals surface area contributed by atoms with Crippen molar-refractivity contribution in [2.24, 2.45) is 0 Å². The number of para-hydroxylation sites is 2. The molecule has 0 spiro atoms. The van der Waals surface area contributed by atoms with Crippen molar-refractivity contribution >= 4 is 23.5 Å². The summed E-state index contributed by atoms with van der Waals surface area (Å²) >= 11 is 0. The predicted octanol–water partition coefficient (Wildman–Crippen LogP) is 5.30. The third-order valence-electron chi connectivity index (χ3n) is 3.37. The fourth-order valence-electron chi connectivity index (χ4n) is 2.37. The topological polar surface area (TPSA) is 40.5 Å². The van der Waals surface area contributed by atoms with E-state index in [0.717, 1.165) is 16.9 Å². The van der Waals surface area contributed by atoms with Crippen molar-refractivity contribution in [2.75, 3.05) is 4.90 Å². The number of rotatable bonds is 3. The van der Waals surface area contributed by atoms with Crippen LogP contribution in [0.3, 0.4) is 0 Å². The van der Waals surface area contributed by atoms with Crippen LogP contribution in [0.4, 0.5) is 21.5 Å². The Kier molecular flexibility index (Phi) is 6.08. The maximum absolute atomic E-state index is 14.4. The van der Waals surface area contributed by atoms with Gasteiger partial charge in [-0.3, -0.25) is 4.79 Å². The van der Waals surface area contributed by atoms with Gasteiger partial charge in [0.05, 0.1) is 5.69 Å². The SMILES string of the molecule is Cc1ccc(N(c2ccccc2)c2ccccc2)c(F)c1.O=CO. The Balaban J connectivity index is 0.000000647. The lowest BCUT2D eigenvalue weighted by molar-refractivity contribution is -0.122. The highest BCUT2D eigenvalue weighted by Gasteiger charge is 2.15. The molecular weight excluding hydrogens is 305 g/mol. The lowest BCUT2D eigenvalue weighted by Crippen LogP contribution is -2.11. The van der Waals surface area contributed by atoms with Crippen molar-refractivity contribution in [2.45, 2.75) is 6.92 Å². The summed E-state index contributed by atoms with van der Waals surface area (Å²) in [7, 11) is 0. The van der Waals surface area contributed by atoms with Crippen LogP contribution >= 0.6 is 0 Å². The van der Waals surface area contributed by atoms with Gasteiger partial charge in [0.2, 0.25) is 0 Å². The minimum Gasteiger partial charge on any atom is -0.483 e. The van der Waals surface area contributed by atoms with E-state index in [2.05, 4.69) is 0 Å². The Morgan fingerprint density at radius 2 is 1.33 bits per heavy atom. The highest BCUT2D eigenvalue weighted by atomic mass is 19.1. The van der Waals surface area contributed by atoms with E-state index in [4.69, 9.17) is 9.90 Å². The van der Waals surface area contributed by atoms with Crippen molar-refractivity contribution in [3.8, 4) is 0 Å². The van der Waals surface area contributed by atoms with E-state index in [9.17, 15) is 4.39 Å². The van der Waals surface area contributed by atoms with E-state index >= 15 is 0 Å². The third kappa shape index (κ3) is 4.20. The van der Waals surface area contributed by atoms with Crippen molar-refractivity contribution < 1.29 is 14.3 Å². The number of anilines is 3. The lowest BCUT2D eigenvalue weighted by atomic mass is 10.1. The molecule has 122 valence electrons. The first-order chi connectivity index (χ1) is 11.7. The second kappa shape index (κ2) is 8.48. The van der Waals surface area contributed by atoms with Crippen molar-refractivity contribution in [1.82, 2.24) is 0 Å². The van der Waals surface area contributed by atoms with Crippen LogP contribution in [0.2, 0.25) is 0 Å². The minimum atomic E-state index is -0.250. The standard InChI is InChI=1S/C19H16FN.CH2O2/c1-15-12-13-19(18(20)14-15)21(16-8-4-2-5-9-16)17-10-6-3-7-11-17;2-1-3/h2-14H,1H3;1H,(H,2,3). The van der Waals surface area contributed by atoms with E-state index in [1.807, 2.05) is 84.6 Å². The van der Waals surface area contributed by atoms with Crippen LogP contribution < -0.4 is 4.90 Å². The number of benzene rings is 3. The summed E-state index contributed by atoms with van der Waals surface area (Å²) in [6.45, 7) is 1.64. The van der Waals surface area contributed by atoms with Gasteiger partial charge in [0, 0.05) is 11.4 Å². The molecule has 0 atom stereocenters. The smallest absolute Gasteiger partial charge is 0.290 e. The molecule has 3 rings (SSSR count). The Morgan fingerprint density at radius 1 is 0.875 bits per heavy atom. The number of nitrogens with zero attached hydrogens (tertiary/aromatic N) is 1. The summed E-state index contributed by atoms with van der Waals surface area (Å²) in [6, 6.07) is 25.0. The maximum Gasteiger partial charge on any atom is 0.290 e. The number of carboxylic acid groups (broad SMARTS) is 1. The normalized spacial score (nSPS) is 9.58. The molecule has 3 nitrogen and oxygen atoms in total. The molecule has 24 heavy (non-hydrogen) atoms. The number of hydrogen-bond donors (Lipinski definition) is 1. The molecule has 0 aliphatic rings. The van der Waals surface area contributed by atoms with Gasteiger partial charge in [-0.15, -0.1) is 0 Å². The zero-order valence-electron chi connectivity index (χ0n) is 13.3. The average molecular weight is 323 g/mol. The molecule has 3 aromatic carbocycles. The average Bonchev–Trinajstić information content (AvgIpc) is 2.60. The van der Waals surface area contributed by atoms with Gasteiger partial charge in [-0.05, 0) is 48.9 Å². The molecule has 0 saturated heterocycles. The first-order valence-corrected chi connectivity index (χ1v) is 7.41. The maximum atomic E-state index is 14.4. The summed E-state index contributed by atoms with van der Waals surface area (Å²) in [5.74, 6) is -0.220. The van der Waals surface area contributed by atoms with Crippen LogP contribution in [0, 0.1) is 12.7 Å². The van der Waals surface area contributed by atoms with Crippen molar-refractivity contribution in [3.05, 3.63) is 90.2 Å². The van der Waals surface area contributed by atoms with E-state index < -0.39 is 0 Å². The molecule has 0 heterocycles. The molecule has 3 aromatic rings. The molecule has 0 unspecified atom stereocenters. The highest BCUT2D eigenvalue weighted by Crippen LogP contribution is 2.35. The second-order valence-electron chi connectivity index (χ2n) is 5.07. The number of aryl methyl sites for hydroxylation is 1. The van der Waals surface area contributed by atoms with Crippen LogP contribution in [-0.4, -0.2) is 11.6 Å². The van der Waals surface area contributed by atoms with Crippen molar-refractivity contribution in [1.29, 1.82) is 0 Å². The Bertz CT molecular complexity index is 737. The van der Waals surface area contributed by atoms with E-state index in [1.54, 1.807) is 6.07 Å². The van der Waals surface area contributed by atoms with E-state index in [-0.39, 0.29) is 12.3 Å². The molecular formula is C20H18FNO2. The molecule has 0 bridgehead atoms. The largest absolute Gasteiger partial charge is 0.483 e. The molecule has 0 aliphatic carbocycles. The van der Waals surface area contributed by atoms with Gasteiger partial charge >= 0.3 is 0 Å². The van der Waals surface area contributed by atoms with Crippen LogP contribution in [0.25, 0.3) is 0 Å². The fraction of sp³-hybridized carbons (Fsp3) is 0.0500. The molecule has 0 aromatic heterocycles. The first kappa shape index (κ1) is 17.2. The Hall–Kier alpha value is -3.14. The quantitative estimate of drug-likeness (QED) is 0.664. The van der Waals surface area contributed by atoms with Crippen LogP contribution in [0.15, 0.2) is 78.9 Å². The lowest BCUT2D eigenvalue weighted by Gasteiger charge is -2.25. The zero-order valence-corrected chi connectivity index (χ0v) is 13.3. The summed E-state index contributed by atoms with van der Waals surface area (Å²) in [5.41, 5.74) is 3.34. The molecule has 0 radical (unpaired) electrons. The molecule has 0 fully saturated rings. The summed E-state index contributed by atoms with van der Waals surface area (Å²) in [6.07, 6.45) is 0. The van der Waals surface area contributed by atoms with Gasteiger partial charge in [-0.2, -0.15) is 0 Å². The molecule has 1 N–H and O–H groups in total. The minimum absolute atomic E-state index is 0.220.